The summed E-state index contributed by atoms with van der Waals surface area (Å²) in [7, 11) is 0. The fourth-order valence-electron chi connectivity index (χ4n) is 2.30. The summed E-state index contributed by atoms with van der Waals surface area (Å²) in [6.45, 7) is 3.29. The highest BCUT2D eigenvalue weighted by Gasteiger charge is 2.25. The summed E-state index contributed by atoms with van der Waals surface area (Å²) in [5, 5.41) is 4.13. The van der Waals surface area contributed by atoms with Gasteiger partial charge in [-0.3, -0.25) is 0 Å². The molecule has 1 saturated carbocycles. The van der Waals surface area contributed by atoms with Crippen molar-refractivity contribution in [2.75, 3.05) is 6.54 Å². The molecule has 0 bridgehead atoms. The van der Waals surface area contributed by atoms with Gasteiger partial charge in [-0.15, -0.1) is 11.8 Å². The average Bonchev–Trinajstić information content (AvgIpc) is 2.77. The van der Waals surface area contributed by atoms with Gasteiger partial charge < -0.3 is 5.32 Å². The number of benzene rings is 1. The van der Waals surface area contributed by atoms with E-state index in [1.807, 2.05) is 12.1 Å². The van der Waals surface area contributed by atoms with Crippen LogP contribution < -0.4 is 5.32 Å². The third kappa shape index (κ3) is 3.71. The summed E-state index contributed by atoms with van der Waals surface area (Å²) in [5.41, 5.74) is 0. The van der Waals surface area contributed by atoms with Gasteiger partial charge in [0.2, 0.25) is 0 Å². The molecule has 1 aromatic carbocycles. The second-order valence-corrected chi connectivity index (χ2v) is 5.98. The Kier molecular flexibility index (Phi) is 4.86. The summed E-state index contributed by atoms with van der Waals surface area (Å²) >= 11 is 1.70. The number of halogens is 1. The van der Waals surface area contributed by atoms with Crippen molar-refractivity contribution in [1.29, 1.82) is 0 Å². The molecule has 1 aromatic rings. The maximum atomic E-state index is 13.5. The van der Waals surface area contributed by atoms with Crippen molar-refractivity contribution < 1.29 is 4.39 Å². The van der Waals surface area contributed by atoms with E-state index in [2.05, 4.69) is 12.2 Å². The minimum Gasteiger partial charge on any atom is -0.314 e. The van der Waals surface area contributed by atoms with Crippen molar-refractivity contribution in [2.45, 2.75) is 48.8 Å². The molecule has 2 atom stereocenters. The smallest absolute Gasteiger partial charge is 0.136 e. The molecule has 2 rings (SSSR count). The molecule has 0 spiro atoms. The predicted molar refractivity (Wildman–Crippen MR) is 72.0 cm³/mol. The molecule has 0 heterocycles. The normalized spacial score (nSPS) is 24.1. The Morgan fingerprint density at radius 3 is 2.94 bits per heavy atom. The third-order valence-corrected chi connectivity index (χ3v) is 4.54. The molecule has 94 valence electrons. The minimum absolute atomic E-state index is 0.0810. The van der Waals surface area contributed by atoms with Crippen molar-refractivity contribution in [2.24, 2.45) is 0 Å². The van der Waals surface area contributed by atoms with E-state index in [0.29, 0.717) is 11.3 Å². The van der Waals surface area contributed by atoms with E-state index < -0.39 is 0 Å². The molecule has 0 saturated heterocycles. The van der Waals surface area contributed by atoms with Crippen LogP contribution in [0.1, 0.15) is 32.6 Å². The van der Waals surface area contributed by atoms with Gasteiger partial charge in [-0.25, -0.2) is 4.39 Å². The molecule has 0 amide bonds. The van der Waals surface area contributed by atoms with E-state index in [4.69, 9.17) is 0 Å². The van der Waals surface area contributed by atoms with Crippen molar-refractivity contribution in [3.8, 4) is 0 Å². The topological polar surface area (TPSA) is 12.0 Å². The highest BCUT2D eigenvalue weighted by Crippen LogP contribution is 2.35. The second kappa shape index (κ2) is 6.41. The van der Waals surface area contributed by atoms with Crippen LogP contribution in [-0.4, -0.2) is 17.8 Å². The lowest BCUT2D eigenvalue weighted by atomic mass is 10.2. The Hall–Kier alpha value is -0.540. The lowest BCUT2D eigenvalue weighted by Gasteiger charge is -2.12. The van der Waals surface area contributed by atoms with Crippen LogP contribution in [0, 0.1) is 5.82 Å². The zero-order chi connectivity index (χ0) is 12.1. The van der Waals surface area contributed by atoms with Crippen molar-refractivity contribution >= 4 is 11.8 Å². The first-order valence-electron chi connectivity index (χ1n) is 6.44. The molecule has 0 aliphatic heterocycles. The van der Waals surface area contributed by atoms with Crippen LogP contribution in [0.2, 0.25) is 0 Å². The molecular formula is C14H20FNS. The summed E-state index contributed by atoms with van der Waals surface area (Å²) in [6, 6.07) is 7.73. The molecule has 0 aromatic heterocycles. The average molecular weight is 253 g/mol. The Morgan fingerprint density at radius 1 is 1.35 bits per heavy atom. The van der Waals surface area contributed by atoms with Gasteiger partial charge in [0.1, 0.15) is 5.82 Å². The summed E-state index contributed by atoms with van der Waals surface area (Å²) in [4.78, 5) is 0.800. The van der Waals surface area contributed by atoms with E-state index in [1.165, 1.54) is 25.7 Å². The minimum atomic E-state index is -0.0810. The van der Waals surface area contributed by atoms with Gasteiger partial charge in [-0.05, 0) is 44.4 Å². The lowest BCUT2D eigenvalue weighted by Crippen LogP contribution is -2.27. The lowest BCUT2D eigenvalue weighted by molar-refractivity contribution is 0.524. The first-order chi connectivity index (χ1) is 8.29. The van der Waals surface area contributed by atoms with Crippen molar-refractivity contribution in [3.05, 3.63) is 30.1 Å². The standard InChI is InChI=1S/C14H20FNS/c1-2-9-16-11-7-8-12(10-11)17-14-6-4-3-5-13(14)15/h3-6,11-12,16H,2,7-10H2,1H3. The van der Waals surface area contributed by atoms with Crippen LogP contribution in [0.3, 0.4) is 0 Å². The Morgan fingerprint density at radius 2 is 2.18 bits per heavy atom. The van der Waals surface area contributed by atoms with E-state index in [9.17, 15) is 4.39 Å². The quantitative estimate of drug-likeness (QED) is 0.855. The summed E-state index contributed by atoms with van der Waals surface area (Å²) < 4.78 is 13.5. The molecule has 1 aliphatic rings. The zero-order valence-electron chi connectivity index (χ0n) is 10.3. The van der Waals surface area contributed by atoms with Gasteiger partial charge in [-0.1, -0.05) is 19.1 Å². The van der Waals surface area contributed by atoms with Gasteiger partial charge >= 0.3 is 0 Å². The predicted octanol–water partition coefficient (Wildman–Crippen LogP) is 3.84. The highest BCUT2D eigenvalue weighted by atomic mass is 32.2. The maximum absolute atomic E-state index is 13.5. The van der Waals surface area contributed by atoms with E-state index >= 15 is 0 Å². The largest absolute Gasteiger partial charge is 0.314 e. The summed E-state index contributed by atoms with van der Waals surface area (Å²) in [5.74, 6) is -0.0810. The van der Waals surface area contributed by atoms with E-state index in [1.54, 1.807) is 23.9 Å². The molecule has 17 heavy (non-hydrogen) atoms. The molecule has 1 N–H and O–H groups in total. The number of hydrogen-bond donors (Lipinski definition) is 1. The highest BCUT2D eigenvalue weighted by molar-refractivity contribution is 8.00. The molecule has 2 unspecified atom stereocenters. The van der Waals surface area contributed by atoms with E-state index in [-0.39, 0.29) is 5.82 Å². The van der Waals surface area contributed by atoms with Crippen LogP contribution in [0.4, 0.5) is 4.39 Å². The molecular weight excluding hydrogens is 233 g/mol. The maximum Gasteiger partial charge on any atom is 0.136 e. The van der Waals surface area contributed by atoms with Crippen LogP contribution in [0.15, 0.2) is 29.2 Å². The zero-order valence-corrected chi connectivity index (χ0v) is 11.1. The first-order valence-corrected chi connectivity index (χ1v) is 7.32. The number of nitrogens with one attached hydrogen (secondary N) is 1. The number of rotatable bonds is 5. The van der Waals surface area contributed by atoms with Gasteiger partial charge in [0.15, 0.2) is 0 Å². The van der Waals surface area contributed by atoms with Crippen molar-refractivity contribution in [1.82, 2.24) is 5.32 Å². The molecule has 0 radical (unpaired) electrons. The van der Waals surface area contributed by atoms with Crippen molar-refractivity contribution in [3.63, 3.8) is 0 Å². The van der Waals surface area contributed by atoms with Gasteiger partial charge in [0.05, 0.1) is 0 Å². The molecule has 3 heteroatoms. The van der Waals surface area contributed by atoms with Gasteiger partial charge in [0, 0.05) is 16.2 Å². The van der Waals surface area contributed by atoms with Gasteiger partial charge in [0.25, 0.3) is 0 Å². The van der Waals surface area contributed by atoms with Gasteiger partial charge in [-0.2, -0.15) is 0 Å². The SMILES string of the molecule is CCCNC1CCC(Sc2ccccc2F)C1. The molecule has 1 fully saturated rings. The second-order valence-electron chi connectivity index (χ2n) is 4.63. The Labute approximate surface area is 107 Å². The van der Waals surface area contributed by atoms with Crippen LogP contribution in [-0.2, 0) is 0 Å². The first kappa shape index (κ1) is 12.9. The number of hydrogen-bond acceptors (Lipinski definition) is 2. The molecule has 1 nitrogen and oxygen atoms in total. The Balaban J connectivity index is 1.83. The monoisotopic (exact) mass is 253 g/mol. The third-order valence-electron chi connectivity index (χ3n) is 3.20. The Bertz CT molecular complexity index is 356. The fourth-order valence-corrected chi connectivity index (χ4v) is 3.58. The van der Waals surface area contributed by atoms with Crippen LogP contribution in [0.5, 0.6) is 0 Å². The number of thioether (sulfide) groups is 1. The summed E-state index contributed by atoms with van der Waals surface area (Å²) in [6.07, 6.45) is 4.77. The van der Waals surface area contributed by atoms with Crippen LogP contribution >= 0.6 is 11.8 Å². The van der Waals surface area contributed by atoms with Crippen LogP contribution in [0.25, 0.3) is 0 Å². The fraction of sp³-hybridized carbons (Fsp3) is 0.571. The molecule has 1 aliphatic carbocycles. The van der Waals surface area contributed by atoms with E-state index in [0.717, 1.165) is 11.4 Å².